The first-order valence-corrected chi connectivity index (χ1v) is 6.86. The Morgan fingerprint density at radius 2 is 2.25 bits per heavy atom. The average molecular weight is 288 g/mol. The molecule has 20 heavy (non-hydrogen) atoms. The van der Waals surface area contributed by atoms with Gasteiger partial charge in [-0.1, -0.05) is 18.5 Å². The maximum atomic E-state index is 6.00. The topological polar surface area (TPSA) is 46.5 Å². The lowest BCUT2D eigenvalue weighted by atomic mass is 10.2. The van der Waals surface area contributed by atoms with Gasteiger partial charge in [-0.2, -0.15) is 0 Å². The van der Waals surface area contributed by atoms with Crippen molar-refractivity contribution in [2.75, 3.05) is 5.32 Å². The van der Waals surface area contributed by atoms with Gasteiger partial charge in [0.1, 0.15) is 17.3 Å². The third kappa shape index (κ3) is 2.60. The predicted molar refractivity (Wildman–Crippen MR) is 81.1 cm³/mol. The highest BCUT2D eigenvalue weighted by molar-refractivity contribution is 6.31. The van der Waals surface area contributed by atoms with Gasteiger partial charge in [0.05, 0.1) is 11.9 Å². The van der Waals surface area contributed by atoms with Crippen LogP contribution in [0.5, 0.6) is 5.75 Å². The van der Waals surface area contributed by atoms with E-state index < -0.39 is 0 Å². The molecule has 0 saturated heterocycles. The quantitative estimate of drug-likeness (QED) is 0.906. The first-order chi connectivity index (χ1) is 9.76. The highest BCUT2D eigenvalue weighted by atomic mass is 35.5. The van der Waals surface area contributed by atoms with Crippen LogP contribution in [0.2, 0.25) is 5.02 Å². The lowest BCUT2D eigenvalue weighted by molar-refractivity contribution is 0.259. The van der Waals surface area contributed by atoms with Crippen molar-refractivity contribution in [2.24, 2.45) is 4.99 Å². The van der Waals surface area contributed by atoms with E-state index in [4.69, 9.17) is 16.3 Å². The molecule has 3 rings (SSSR count). The van der Waals surface area contributed by atoms with Crippen LogP contribution in [0.15, 0.2) is 47.7 Å². The van der Waals surface area contributed by atoms with Crippen molar-refractivity contribution in [2.45, 2.75) is 19.4 Å². The molecule has 0 saturated carbocycles. The molecule has 0 spiro atoms. The maximum absolute atomic E-state index is 6.00. The number of nitrogens with one attached hydrogen (secondary N) is 1. The van der Waals surface area contributed by atoms with Crippen LogP contribution < -0.4 is 10.1 Å². The Kier molecular flexibility index (Phi) is 3.56. The first kappa shape index (κ1) is 12.9. The summed E-state index contributed by atoms with van der Waals surface area (Å²) in [6, 6.07) is 9.27. The number of anilines is 1. The Labute approximate surface area is 122 Å². The molecule has 0 aliphatic carbocycles. The molecule has 0 unspecified atom stereocenters. The Hall–Kier alpha value is -2.07. The fourth-order valence-corrected chi connectivity index (χ4v) is 2.22. The highest BCUT2D eigenvalue weighted by Gasteiger charge is 2.23. The lowest BCUT2D eigenvalue weighted by Gasteiger charge is -2.26. The molecule has 0 fully saturated rings. The number of nitrogens with zero attached hydrogens (tertiary/aromatic N) is 2. The van der Waals surface area contributed by atoms with Crippen LogP contribution >= 0.6 is 11.6 Å². The number of halogens is 1. The van der Waals surface area contributed by atoms with Crippen molar-refractivity contribution in [1.29, 1.82) is 0 Å². The molecule has 1 aliphatic heterocycles. The Bertz CT molecular complexity index is 643. The summed E-state index contributed by atoms with van der Waals surface area (Å²) in [4.78, 5) is 8.70. The minimum atomic E-state index is -0.0936. The minimum Gasteiger partial charge on any atom is -0.480 e. The number of rotatable bonds is 2. The molecule has 1 aromatic heterocycles. The van der Waals surface area contributed by atoms with Gasteiger partial charge in [0.15, 0.2) is 6.10 Å². The molecule has 2 aromatic rings. The normalized spacial score (nSPS) is 16.9. The Balaban J connectivity index is 1.95. The number of hydrogen-bond donors (Lipinski definition) is 1. The summed E-state index contributed by atoms with van der Waals surface area (Å²) in [6.07, 6.45) is 4.22. The summed E-state index contributed by atoms with van der Waals surface area (Å²) in [5.41, 5.74) is 1.63. The summed E-state index contributed by atoms with van der Waals surface area (Å²) in [5, 5.41) is 3.91. The van der Waals surface area contributed by atoms with Gasteiger partial charge in [-0.05, 0) is 36.8 Å². The van der Waals surface area contributed by atoms with Crippen molar-refractivity contribution in [1.82, 2.24) is 4.98 Å². The smallest absolute Gasteiger partial charge is 0.156 e. The number of ether oxygens (including phenoxy) is 1. The second-order valence-corrected chi connectivity index (χ2v) is 4.93. The van der Waals surface area contributed by atoms with Crippen LogP contribution in [0, 0.1) is 0 Å². The third-order valence-electron chi connectivity index (χ3n) is 3.04. The number of benzene rings is 1. The third-order valence-corrected chi connectivity index (χ3v) is 3.28. The van der Waals surface area contributed by atoms with Gasteiger partial charge < -0.3 is 10.1 Å². The molecule has 0 bridgehead atoms. The van der Waals surface area contributed by atoms with Crippen molar-refractivity contribution in [3.8, 4) is 5.75 Å². The van der Waals surface area contributed by atoms with Crippen molar-refractivity contribution < 1.29 is 4.74 Å². The zero-order valence-electron chi connectivity index (χ0n) is 11.0. The van der Waals surface area contributed by atoms with Crippen LogP contribution in [-0.4, -0.2) is 16.9 Å². The largest absolute Gasteiger partial charge is 0.480 e. The number of aliphatic imine (C=N–C) groups is 1. The number of hydrogen-bond acceptors (Lipinski definition) is 4. The fraction of sp³-hybridized carbons (Fsp3) is 0.200. The maximum Gasteiger partial charge on any atom is 0.156 e. The first-order valence-electron chi connectivity index (χ1n) is 6.48. The number of amidine groups is 1. The average Bonchev–Trinajstić information content (AvgIpc) is 2.47. The van der Waals surface area contributed by atoms with Gasteiger partial charge in [-0.3, -0.25) is 4.98 Å². The standard InChI is InChI=1S/C15H14ClN3O/c1-2-13-15(18-11-4-3-7-17-9-11)19-12-8-10(16)5-6-14(12)20-13/h3-9,13H,2H2,1H3,(H,18,19)/t13-/m0/s1. The van der Waals surface area contributed by atoms with Crippen molar-refractivity contribution in [3.63, 3.8) is 0 Å². The summed E-state index contributed by atoms with van der Waals surface area (Å²) in [7, 11) is 0. The van der Waals surface area contributed by atoms with E-state index in [-0.39, 0.29) is 6.10 Å². The van der Waals surface area contributed by atoms with E-state index in [1.165, 1.54) is 0 Å². The van der Waals surface area contributed by atoms with Crippen molar-refractivity contribution >= 4 is 28.8 Å². The molecule has 4 nitrogen and oxygen atoms in total. The van der Waals surface area contributed by atoms with Crippen LogP contribution in [-0.2, 0) is 0 Å². The Morgan fingerprint density at radius 3 is 3.00 bits per heavy atom. The van der Waals surface area contributed by atoms with E-state index in [9.17, 15) is 0 Å². The molecule has 0 amide bonds. The molecule has 1 aromatic carbocycles. The van der Waals surface area contributed by atoms with E-state index in [2.05, 4.69) is 22.2 Å². The van der Waals surface area contributed by atoms with E-state index in [1.807, 2.05) is 24.3 Å². The number of pyridine rings is 1. The van der Waals surface area contributed by atoms with Gasteiger partial charge in [-0.25, -0.2) is 4.99 Å². The lowest BCUT2D eigenvalue weighted by Crippen LogP contribution is -2.34. The van der Waals surface area contributed by atoms with Gasteiger partial charge in [0, 0.05) is 11.2 Å². The number of aromatic nitrogens is 1. The predicted octanol–water partition coefficient (Wildman–Crippen LogP) is 4.05. The van der Waals surface area contributed by atoms with Gasteiger partial charge >= 0.3 is 0 Å². The SMILES string of the molecule is CC[C@@H]1Oc2ccc(Cl)cc2N=C1Nc1cccnc1. The van der Waals surface area contributed by atoms with E-state index in [0.29, 0.717) is 5.02 Å². The second kappa shape index (κ2) is 5.51. The summed E-state index contributed by atoms with van der Waals surface area (Å²) in [6.45, 7) is 2.06. The molecule has 0 radical (unpaired) electrons. The second-order valence-electron chi connectivity index (χ2n) is 4.49. The molecule has 1 aliphatic rings. The molecule has 2 heterocycles. The molecular formula is C15H14ClN3O. The van der Waals surface area contributed by atoms with Crippen LogP contribution in [0.4, 0.5) is 11.4 Å². The Morgan fingerprint density at radius 1 is 1.35 bits per heavy atom. The molecule has 1 atom stereocenters. The summed E-state index contributed by atoms with van der Waals surface area (Å²) >= 11 is 6.00. The summed E-state index contributed by atoms with van der Waals surface area (Å²) in [5.74, 6) is 1.54. The highest BCUT2D eigenvalue weighted by Crippen LogP contribution is 2.35. The molecule has 1 N–H and O–H groups in total. The number of fused-ring (bicyclic) bond motifs is 1. The zero-order valence-corrected chi connectivity index (χ0v) is 11.8. The van der Waals surface area contributed by atoms with Crippen LogP contribution in [0.3, 0.4) is 0 Å². The van der Waals surface area contributed by atoms with Crippen LogP contribution in [0.1, 0.15) is 13.3 Å². The van der Waals surface area contributed by atoms with Gasteiger partial charge in [-0.15, -0.1) is 0 Å². The monoisotopic (exact) mass is 287 g/mol. The van der Waals surface area contributed by atoms with Crippen LogP contribution in [0.25, 0.3) is 0 Å². The van der Waals surface area contributed by atoms with E-state index in [1.54, 1.807) is 18.5 Å². The molecule has 102 valence electrons. The molecular weight excluding hydrogens is 274 g/mol. The van der Waals surface area contributed by atoms with Crippen molar-refractivity contribution in [3.05, 3.63) is 47.7 Å². The van der Waals surface area contributed by atoms with E-state index >= 15 is 0 Å². The minimum absolute atomic E-state index is 0.0936. The van der Waals surface area contributed by atoms with Gasteiger partial charge in [0.25, 0.3) is 0 Å². The summed E-state index contributed by atoms with van der Waals surface area (Å²) < 4.78 is 5.95. The molecule has 5 heteroatoms. The zero-order chi connectivity index (χ0) is 13.9. The van der Waals surface area contributed by atoms with E-state index in [0.717, 1.165) is 29.4 Å². The van der Waals surface area contributed by atoms with Gasteiger partial charge in [0.2, 0.25) is 0 Å². The fourth-order valence-electron chi connectivity index (χ4n) is 2.06.